The molecule has 6 nitrogen and oxygen atoms in total. The number of ether oxygens (including phenoxy) is 2. The summed E-state index contributed by atoms with van der Waals surface area (Å²) >= 11 is 12.1. The summed E-state index contributed by atoms with van der Waals surface area (Å²) in [5.41, 5.74) is 0.668. The van der Waals surface area contributed by atoms with Gasteiger partial charge in [0.25, 0.3) is 0 Å². The number of hydrogen-bond donors (Lipinski definition) is 1. The van der Waals surface area contributed by atoms with Crippen LogP contribution >= 0.6 is 23.2 Å². The van der Waals surface area contributed by atoms with Gasteiger partial charge in [-0.3, -0.25) is 9.59 Å². The number of benzene rings is 2. The molecule has 8 heteroatoms. The molecular formula is C26H30Cl2N2O4. The second-order valence-electron chi connectivity index (χ2n) is 9.10. The minimum atomic E-state index is -0.858. The van der Waals surface area contributed by atoms with Gasteiger partial charge in [-0.15, -0.1) is 11.6 Å². The summed E-state index contributed by atoms with van der Waals surface area (Å²) < 4.78 is 11.9. The molecule has 0 bridgehead atoms. The summed E-state index contributed by atoms with van der Waals surface area (Å²) in [5.74, 6) is 1.12. The van der Waals surface area contributed by atoms with E-state index in [1.807, 2.05) is 24.3 Å². The van der Waals surface area contributed by atoms with Gasteiger partial charge in [-0.1, -0.05) is 42.8 Å². The van der Waals surface area contributed by atoms with Gasteiger partial charge in [0.1, 0.15) is 18.5 Å². The molecule has 2 amide bonds. The smallest absolute Gasteiger partial charge is 0.247 e. The predicted octanol–water partition coefficient (Wildman–Crippen LogP) is 4.98. The van der Waals surface area contributed by atoms with Crippen molar-refractivity contribution >= 4 is 35.0 Å². The zero-order valence-electron chi connectivity index (χ0n) is 19.2. The van der Waals surface area contributed by atoms with E-state index in [0.717, 1.165) is 25.7 Å². The molecule has 182 valence electrons. The first kappa shape index (κ1) is 24.7. The van der Waals surface area contributed by atoms with E-state index in [1.165, 1.54) is 4.90 Å². The van der Waals surface area contributed by atoms with Crippen molar-refractivity contribution in [3.63, 3.8) is 0 Å². The van der Waals surface area contributed by atoms with E-state index in [9.17, 15) is 9.59 Å². The molecule has 1 fully saturated rings. The molecule has 0 radical (unpaired) electrons. The first-order valence-electron chi connectivity index (χ1n) is 11.7. The molecule has 2 aliphatic rings. The lowest BCUT2D eigenvalue weighted by Crippen LogP contribution is -2.51. The molecule has 0 unspecified atom stereocenters. The van der Waals surface area contributed by atoms with Crippen molar-refractivity contribution in [2.24, 2.45) is 5.92 Å². The van der Waals surface area contributed by atoms with E-state index < -0.39 is 12.1 Å². The van der Waals surface area contributed by atoms with Crippen LogP contribution in [0.15, 0.2) is 48.5 Å². The van der Waals surface area contributed by atoms with Crippen LogP contribution in [0.5, 0.6) is 11.5 Å². The number of nitrogens with zero attached hydrogens (tertiary/aromatic N) is 1. The number of para-hydroxylation sites is 2. The molecule has 0 aromatic heterocycles. The van der Waals surface area contributed by atoms with Crippen LogP contribution in [0.3, 0.4) is 0 Å². The van der Waals surface area contributed by atoms with Crippen molar-refractivity contribution < 1.29 is 19.1 Å². The highest BCUT2D eigenvalue weighted by Gasteiger charge is 2.36. The quantitative estimate of drug-likeness (QED) is 0.539. The number of carbonyl (C=O) groups is 2. The number of carbonyl (C=O) groups excluding carboxylic acids is 2. The van der Waals surface area contributed by atoms with Crippen LogP contribution in [-0.4, -0.2) is 47.9 Å². The van der Waals surface area contributed by atoms with Crippen LogP contribution in [0.1, 0.15) is 44.2 Å². The Bertz CT molecular complexity index is 993. The molecule has 4 rings (SSSR count). The molecule has 0 saturated heterocycles. The van der Waals surface area contributed by atoms with Crippen molar-refractivity contribution in [1.29, 1.82) is 0 Å². The highest BCUT2D eigenvalue weighted by molar-refractivity contribution is 6.30. The molecule has 34 heavy (non-hydrogen) atoms. The van der Waals surface area contributed by atoms with Crippen molar-refractivity contribution in [2.75, 3.05) is 19.0 Å². The molecule has 0 spiro atoms. The van der Waals surface area contributed by atoms with Gasteiger partial charge in [-0.2, -0.15) is 0 Å². The van der Waals surface area contributed by atoms with Crippen LogP contribution in [0, 0.1) is 5.92 Å². The van der Waals surface area contributed by atoms with Gasteiger partial charge in [0.2, 0.25) is 11.8 Å². The Kier molecular flexibility index (Phi) is 8.22. The van der Waals surface area contributed by atoms with Crippen molar-refractivity contribution in [3.8, 4) is 11.5 Å². The molecule has 2 aromatic carbocycles. The summed E-state index contributed by atoms with van der Waals surface area (Å²) in [6.45, 7) is 2.65. The fourth-order valence-electron chi connectivity index (χ4n) is 4.60. The Balaban J connectivity index is 1.58. The average molecular weight is 505 g/mol. The summed E-state index contributed by atoms with van der Waals surface area (Å²) in [7, 11) is 0. The number of rotatable bonds is 7. The third kappa shape index (κ3) is 5.97. The molecule has 1 N–H and O–H groups in total. The number of hydrogen-bond acceptors (Lipinski definition) is 4. The van der Waals surface area contributed by atoms with Crippen LogP contribution in [0.25, 0.3) is 0 Å². The maximum absolute atomic E-state index is 13.6. The second-order valence-corrected chi connectivity index (χ2v) is 9.80. The molecule has 2 atom stereocenters. The summed E-state index contributed by atoms with van der Waals surface area (Å²) in [6, 6.07) is 13.6. The summed E-state index contributed by atoms with van der Waals surface area (Å²) in [5, 5.41) is 3.74. The lowest BCUT2D eigenvalue weighted by atomic mass is 9.87. The highest BCUT2D eigenvalue weighted by atomic mass is 35.5. The third-order valence-corrected chi connectivity index (χ3v) is 6.99. The topological polar surface area (TPSA) is 67.9 Å². The molecule has 2 aromatic rings. The highest BCUT2D eigenvalue weighted by Crippen LogP contribution is 2.32. The molecule has 1 saturated carbocycles. The largest absolute Gasteiger partial charge is 0.486 e. The van der Waals surface area contributed by atoms with Gasteiger partial charge in [0.05, 0.1) is 6.54 Å². The number of fused-ring (bicyclic) bond motifs is 1. The fraction of sp³-hybridized carbons (Fsp3) is 0.462. The maximum Gasteiger partial charge on any atom is 0.247 e. The first-order chi connectivity index (χ1) is 16.4. The minimum Gasteiger partial charge on any atom is -0.486 e. The number of amides is 2. The van der Waals surface area contributed by atoms with Crippen LogP contribution in [0.2, 0.25) is 5.02 Å². The van der Waals surface area contributed by atoms with Crippen LogP contribution in [-0.2, 0) is 9.59 Å². The first-order valence-corrected chi connectivity index (χ1v) is 12.7. The minimum absolute atomic E-state index is 0.0904. The van der Waals surface area contributed by atoms with E-state index >= 15 is 0 Å². The van der Waals surface area contributed by atoms with Gasteiger partial charge in [0, 0.05) is 11.1 Å². The Hall–Kier alpha value is -2.44. The Morgan fingerprint density at radius 2 is 1.74 bits per heavy atom. The maximum atomic E-state index is 13.6. The predicted molar refractivity (Wildman–Crippen MR) is 133 cm³/mol. The van der Waals surface area contributed by atoms with Gasteiger partial charge in [-0.25, -0.2) is 0 Å². The van der Waals surface area contributed by atoms with Gasteiger partial charge >= 0.3 is 0 Å². The van der Waals surface area contributed by atoms with E-state index in [0.29, 0.717) is 28.0 Å². The lowest BCUT2D eigenvalue weighted by molar-refractivity contribution is -0.141. The number of nitrogens with one attached hydrogen (secondary N) is 1. The Morgan fingerprint density at radius 3 is 2.41 bits per heavy atom. The Morgan fingerprint density at radius 1 is 1.06 bits per heavy atom. The monoisotopic (exact) mass is 504 g/mol. The summed E-state index contributed by atoms with van der Waals surface area (Å²) in [6.07, 6.45) is 3.57. The summed E-state index contributed by atoms with van der Waals surface area (Å²) in [4.78, 5) is 28.2. The van der Waals surface area contributed by atoms with Gasteiger partial charge < -0.3 is 19.7 Å². The van der Waals surface area contributed by atoms with Gasteiger partial charge in [-0.05, 0) is 61.4 Å². The lowest BCUT2D eigenvalue weighted by Gasteiger charge is -2.36. The zero-order valence-corrected chi connectivity index (χ0v) is 20.7. The SMILES string of the molecule is CC1CCC(NC(=O)[C@H](c2ccc(Cl)cc2)N(C[C@H]2COc3ccccc3O2)C(=O)CCl)CC1. The normalized spacial score (nSPS) is 22.5. The van der Waals surface area contributed by atoms with E-state index in [4.69, 9.17) is 32.7 Å². The third-order valence-electron chi connectivity index (χ3n) is 6.51. The zero-order chi connectivity index (χ0) is 24.1. The molecular weight excluding hydrogens is 475 g/mol. The van der Waals surface area contributed by atoms with Crippen molar-refractivity contribution in [3.05, 3.63) is 59.1 Å². The van der Waals surface area contributed by atoms with Crippen molar-refractivity contribution in [2.45, 2.75) is 50.8 Å². The Labute approximate surface area is 210 Å². The standard InChI is InChI=1S/C26H30Cl2N2O4/c1-17-6-12-20(13-7-17)29-26(32)25(18-8-10-19(28)11-9-18)30(24(31)14-27)15-21-16-33-22-4-2-3-5-23(22)34-21/h2-5,8-11,17,20-21,25H,6-7,12-16H2,1H3,(H,29,32)/t17?,20?,21-,25-/m0/s1. The molecule has 1 heterocycles. The number of alkyl halides is 1. The van der Waals surface area contributed by atoms with E-state index in [-0.39, 0.29) is 36.9 Å². The molecule has 1 aliphatic heterocycles. The number of halogens is 2. The van der Waals surface area contributed by atoms with Gasteiger partial charge in [0.15, 0.2) is 17.6 Å². The fourth-order valence-corrected chi connectivity index (χ4v) is 4.88. The van der Waals surface area contributed by atoms with E-state index in [1.54, 1.807) is 24.3 Å². The van der Waals surface area contributed by atoms with Crippen molar-refractivity contribution in [1.82, 2.24) is 10.2 Å². The second kappa shape index (κ2) is 11.3. The average Bonchev–Trinajstić information content (AvgIpc) is 2.85. The van der Waals surface area contributed by atoms with Crippen LogP contribution in [0.4, 0.5) is 0 Å². The van der Waals surface area contributed by atoms with E-state index in [2.05, 4.69) is 12.2 Å². The van der Waals surface area contributed by atoms with Crippen LogP contribution < -0.4 is 14.8 Å². The molecule has 1 aliphatic carbocycles.